The summed E-state index contributed by atoms with van der Waals surface area (Å²) in [5, 5.41) is 14.2. The molecule has 1 N–H and O–H groups in total. The Kier molecular flexibility index (Phi) is 4.93. The van der Waals surface area contributed by atoms with Crippen molar-refractivity contribution in [1.29, 1.82) is 0 Å². The summed E-state index contributed by atoms with van der Waals surface area (Å²) in [6.07, 6.45) is 3.48. The van der Waals surface area contributed by atoms with Crippen LogP contribution in [0.15, 0.2) is 46.5 Å². The first kappa shape index (κ1) is 18.3. The summed E-state index contributed by atoms with van der Waals surface area (Å²) >= 11 is 5.27. The van der Waals surface area contributed by atoms with Gasteiger partial charge in [0.2, 0.25) is 0 Å². The Bertz CT molecular complexity index is 977. The van der Waals surface area contributed by atoms with Crippen molar-refractivity contribution < 1.29 is 18.9 Å². The Morgan fingerprint density at radius 1 is 1.36 bits per heavy atom. The van der Waals surface area contributed by atoms with Gasteiger partial charge in [-0.25, -0.2) is 0 Å². The molecule has 2 aliphatic heterocycles. The summed E-state index contributed by atoms with van der Waals surface area (Å²) in [4.78, 5) is 24.6. The number of nitro benzene ring substituents is 1. The highest BCUT2D eigenvalue weighted by atomic mass is 32.1. The Balaban J connectivity index is 1.52. The molecular weight excluding hydrogens is 382 g/mol. The van der Waals surface area contributed by atoms with Crippen LogP contribution in [-0.2, 0) is 9.53 Å². The lowest BCUT2D eigenvalue weighted by atomic mass is 10.1. The lowest BCUT2D eigenvalue weighted by Crippen LogP contribution is -2.37. The van der Waals surface area contributed by atoms with Gasteiger partial charge >= 0.3 is 0 Å². The molecule has 144 valence electrons. The number of carbonyl (C=O) groups is 1. The predicted octanol–water partition coefficient (Wildman–Crippen LogP) is 3.09. The summed E-state index contributed by atoms with van der Waals surface area (Å²) in [6.45, 7) is 1.14. The van der Waals surface area contributed by atoms with Gasteiger partial charge in [-0.2, -0.15) is 0 Å². The summed E-state index contributed by atoms with van der Waals surface area (Å²) in [7, 11) is 0. The number of non-ortho nitro benzene ring substituents is 1. The van der Waals surface area contributed by atoms with E-state index in [1.165, 1.54) is 17.0 Å². The zero-order chi connectivity index (χ0) is 19.7. The molecule has 4 rings (SSSR count). The Morgan fingerprint density at radius 3 is 2.96 bits per heavy atom. The van der Waals surface area contributed by atoms with Crippen molar-refractivity contribution in [3.63, 3.8) is 0 Å². The van der Waals surface area contributed by atoms with Crippen LogP contribution in [0.4, 0.5) is 5.69 Å². The van der Waals surface area contributed by atoms with Crippen molar-refractivity contribution >= 4 is 35.0 Å². The standard InChI is InChI=1S/C19H17N3O5S/c23-18-16(20-19(28)21(18)11-15-5-2-8-26-15)10-14-6-7-17(27-14)12-3-1-4-13(9-12)22(24)25/h1,3-4,6-7,9-10,15H,2,5,8,11H2,(H,20,28)/b16-10+/t15-/m1/s1. The van der Waals surface area contributed by atoms with E-state index in [2.05, 4.69) is 5.32 Å². The van der Waals surface area contributed by atoms with Crippen LogP contribution < -0.4 is 5.32 Å². The normalized spacial score (nSPS) is 20.8. The van der Waals surface area contributed by atoms with E-state index in [0.717, 1.165) is 12.8 Å². The van der Waals surface area contributed by atoms with Crippen molar-refractivity contribution in [3.8, 4) is 11.3 Å². The summed E-state index contributed by atoms with van der Waals surface area (Å²) < 4.78 is 11.3. The lowest BCUT2D eigenvalue weighted by molar-refractivity contribution is -0.384. The molecule has 1 aromatic heterocycles. The highest BCUT2D eigenvalue weighted by molar-refractivity contribution is 7.80. The van der Waals surface area contributed by atoms with Gasteiger partial charge in [-0.05, 0) is 37.2 Å². The van der Waals surface area contributed by atoms with Crippen molar-refractivity contribution in [2.24, 2.45) is 0 Å². The van der Waals surface area contributed by atoms with Crippen LogP contribution in [0.5, 0.6) is 0 Å². The minimum absolute atomic E-state index is 0.00661. The molecule has 2 aliphatic rings. The number of benzene rings is 1. The molecular formula is C19H17N3O5S. The number of rotatable bonds is 5. The molecule has 1 amide bonds. The summed E-state index contributed by atoms with van der Waals surface area (Å²) in [6, 6.07) is 9.57. The number of furan rings is 1. The van der Waals surface area contributed by atoms with E-state index in [1.807, 2.05) is 0 Å². The second-order valence-electron chi connectivity index (χ2n) is 6.55. The van der Waals surface area contributed by atoms with Gasteiger partial charge in [0.25, 0.3) is 11.6 Å². The molecule has 8 nitrogen and oxygen atoms in total. The van der Waals surface area contributed by atoms with Gasteiger partial charge in [-0.15, -0.1) is 0 Å². The maximum Gasteiger partial charge on any atom is 0.276 e. The van der Waals surface area contributed by atoms with Crippen molar-refractivity contribution in [2.45, 2.75) is 18.9 Å². The monoisotopic (exact) mass is 399 g/mol. The third-order valence-corrected chi connectivity index (χ3v) is 4.95. The van der Waals surface area contributed by atoms with E-state index in [1.54, 1.807) is 30.3 Å². The van der Waals surface area contributed by atoms with E-state index < -0.39 is 4.92 Å². The second kappa shape index (κ2) is 7.53. The minimum atomic E-state index is -0.458. The third-order valence-electron chi connectivity index (χ3n) is 4.63. The molecule has 1 aromatic carbocycles. The van der Waals surface area contributed by atoms with Crippen molar-refractivity contribution in [2.75, 3.05) is 13.2 Å². The van der Waals surface area contributed by atoms with Crippen LogP contribution in [0, 0.1) is 10.1 Å². The van der Waals surface area contributed by atoms with Gasteiger partial charge in [0.05, 0.1) is 17.6 Å². The van der Waals surface area contributed by atoms with E-state index >= 15 is 0 Å². The molecule has 1 atom stereocenters. The quantitative estimate of drug-likeness (QED) is 0.357. The smallest absolute Gasteiger partial charge is 0.276 e. The number of nitrogens with one attached hydrogen (secondary N) is 1. The Hall–Kier alpha value is -3.04. The van der Waals surface area contributed by atoms with Crippen LogP contribution in [0.1, 0.15) is 18.6 Å². The maximum atomic E-state index is 12.6. The summed E-state index contributed by atoms with van der Waals surface area (Å²) in [5.74, 6) is 0.688. The van der Waals surface area contributed by atoms with Crippen molar-refractivity contribution in [3.05, 3.63) is 58.0 Å². The van der Waals surface area contributed by atoms with E-state index in [-0.39, 0.29) is 17.7 Å². The molecule has 2 fully saturated rings. The van der Waals surface area contributed by atoms with Crippen LogP contribution in [0.3, 0.4) is 0 Å². The molecule has 2 saturated heterocycles. The average Bonchev–Trinajstić information content (AvgIpc) is 3.41. The molecule has 0 unspecified atom stereocenters. The fourth-order valence-electron chi connectivity index (χ4n) is 3.23. The van der Waals surface area contributed by atoms with E-state index in [0.29, 0.717) is 41.0 Å². The largest absolute Gasteiger partial charge is 0.457 e. The van der Waals surface area contributed by atoms with Crippen LogP contribution in [-0.4, -0.2) is 40.1 Å². The molecule has 0 aliphatic carbocycles. The van der Waals surface area contributed by atoms with Gasteiger partial charge in [0.15, 0.2) is 5.11 Å². The molecule has 0 spiro atoms. The molecule has 0 radical (unpaired) electrons. The topological polar surface area (TPSA) is 97.8 Å². The number of ether oxygens (including phenoxy) is 1. The highest BCUT2D eigenvalue weighted by Crippen LogP contribution is 2.27. The van der Waals surface area contributed by atoms with Crippen molar-refractivity contribution in [1.82, 2.24) is 10.2 Å². The van der Waals surface area contributed by atoms with Gasteiger partial charge in [0, 0.05) is 30.4 Å². The summed E-state index contributed by atoms with van der Waals surface area (Å²) in [5.41, 5.74) is 0.889. The molecule has 2 aromatic rings. The second-order valence-corrected chi connectivity index (χ2v) is 6.94. The zero-order valence-electron chi connectivity index (χ0n) is 14.8. The van der Waals surface area contributed by atoms with Gasteiger partial charge < -0.3 is 14.5 Å². The predicted molar refractivity (Wildman–Crippen MR) is 105 cm³/mol. The number of amides is 1. The molecule has 28 heavy (non-hydrogen) atoms. The number of hydrogen-bond donors (Lipinski definition) is 1. The maximum absolute atomic E-state index is 12.6. The minimum Gasteiger partial charge on any atom is -0.457 e. The fourth-order valence-corrected chi connectivity index (χ4v) is 3.50. The third kappa shape index (κ3) is 3.67. The number of hydrogen-bond acceptors (Lipinski definition) is 6. The zero-order valence-corrected chi connectivity index (χ0v) is 15.6. The number of thiocarbonyl (C=S) groups is 1. The van der Waals surface area contributed by atoms with E-state index in [9.17, 15) is 14.9 Å². The molecule has 3 heterocycles. The number of nitrogens with zero attached hydrogens (tertiary/aromatic N) is 2. The number of nitro groups is 1. The lowest BCUT2D eigenvalue weighted by Gasteiger charge is -2.18. The Labute approximate surface area is 165 Å². The van der Waals surface area contributed by atoms with E-state index in [4.69, 9.17) is 21.4 Å². The van der Waals surface area contributed by atoms with Crippen LogP contribution in [0.25, 0.3) is 17.4 Å². The van der Waals surface area contributed by atoms with Crippen LogP contribution >= 0.6 is 12.2 Å². The average molecular weight is 399 g/mol. The first-order valence-corrected chi connectivity index (χ1v) is 9.23. The van der Waals surface area contributed by atoms with Gasteiger partial charge in [-0.3, -0.25) is 19.8 Å². The molecule has 0 bridgehead atoms. The Morgan fingerprint density at radius 2 is 2.21 bits per heavy atom. The highest BCUT2D eigenvalue weighted by Gasteiger charge is 2.33. The fraction of sp³-hybridized carbons (Fsp3) is 0.263. The van der Waals surface area contributed by atoms with Gasteiger partial charge in [0.1, 0.15) is 17.2 Å². The SMILES string of the molecule is O=C1/C(=C\c2ccc(-c3cccc([N+](=O)[O-])c3)o2)NC(=S)N1C[C@H]1CCCO1. The van der Waals surface area contributed by atoms with Gasteiger partial charge in [-0.1, -0.05) is 12.1 Å². The molecule has 0 saturated carbocycles. The van der Waals surface area contributed by atoms with Crippen LogP contribution in [0.2, 0.25) is 0 Å². The number of carbonyl (C=O) groups excluding carboxylic acids is 1. The first-order valence-electron chi connectivity index (χ1n) is 8.82. The first-order chi connectivity index (χ1) is 13.5. The molecule has 9 heteroatoms.